The molecular weight excluding hydrogens is 268 g/mol. The Morgan fingerprint density at radius 1 is 1.35 bits per heavy atom. The number of carbonyl (C=O) groups excluding carboxylic acids is 1. The van der Waals surface area contributed by atoms with Crippen LogP contribution in [0.15, 0.2) is 24.3 Å². The van der Waals surface area contributed by atoms with Crippen molar-refractivity contribution in [2.75, 3.05) is 18.2 Å². The third kappa shape index (κ3) is 4.84. The lowest BCUT2D eigenvalue weighted by molar-refractivity contribution is -0.122. The van der Waals surface area contributed by atoms with Crippen LogP contribution in [0, 0.1) is 5.92 Å². The molecule has 0 aliphatic carbocycles. The van der Waals surface area contributed by atoms with Crippen molar-refractivity contribution < 1.29 is 4.79 Å². The second kappa shape index (κ2) is 7.70. The van der Waals surface area contributed by atoms with Crippen molar-refractivity contribution in [3.63, 3.8) is 0 Å². The molecule has 2 rings (SSSR count). The molecule has 0 saturated carbocycles. The van der Waals surface area contributed by atoms with Gasteiger partial charge < -0.3 is 5.32 Å². The zero-order chi connectivity index (χ0) is 14.4. The number of amides is 1. The average molecular weight is 292 g/mol. The predicted molar refractivity (Wildman–Crippen MR) is 85.9 cm³/mol. The summed E-state index contributed by atoms with van der Waals surface area (Å²) in [4.78, 5) is 11.8. The minimum absolute atomic E-state index is 0.00609. The molecule has 0 aromatic heterocycles. The van der Waals surface area contributed by atoms with Crippen molar-refractivity contribution in [1.82, 2.24) is 10.6 Å². The maximum atomic E-state index is 11.8. The SMILES string of the molecule is CC(C)Cc1ccc(CCNC(=O)C2CSCN2)cc1. The number of hydrogen-bond donors (Lipinski definition) is 2. The van der Waals surface area contributed by atoms with Crippen molar-refractivity contribution in [2.24, 2.45) is 5.92 Å². The summed E-state index contributed by atoms with van der Waals surface area (Å²) in [6.07, 6.45) is 2.02. The highest BCUT2D eigenvalue weighted by molar-refractivity contribution is 7.99. The fourth-order valence-electron chi connectivity index (χ4n) is 2.33. The van der Waals surface area contributed by atoms with Gasteiger partial charge in [0.2, 0.25) is 5.91 Å². The molecule has 1 fully saturated rings. The van der Waals surface area contributed by atoms with Crippen LogP contribution in [0.3, 0.4) is 0 Å². The first kappa shape index (κ1) is 15.4. The van der Waals surface area contributed by atoms with Crippen LogP contribution >= 0.6 is 11.8 Å². The minimum atomic E-state index is -0.00609. The molecule has 0 radical (unpaired) electrons. The van der Waals surface area contributed by atoms with Gasteiger partial charge >= 0.3 is 0 Å². The second-order valence-corrected chi connectivity index (χ2v) is 6.76. The van der Waals surface area contributed by atoms with E-state index in [2.05, 4.69) is 48.7 Å². The smallest absolute Gasteiger partial charge is 0.238 e. The number of thioether (sulfide) groups is 1. The van der Waals surface area contributed by atoms with Gasteiger partial charge in [0.25, 0.3) is 0 Å². The molecule has 2 N–H and O–H groups in total. The first-order chi connectivity index (χ1) is 9.65. The predicted octanol–water partition coefficient (Wildman–Crippen LogP) is 2.21. The first-order valence-electron chi connectivity index (χ1n) is 7.32. The Bertz CT molecular complexity index is 425. The van der Waals surface area contributed by atoms with Gasteiger partial charge in [0.1, 0.15) is 0 Å². The molecular formula is C16H24N2OS. The molecule has 3 nitrogen and oxygen atoms in total. The van der Waals surface area contributed by atoms with Gasteiger partial charge in [0, 0.05) is 18.2 Å². The maximum Gasteiger partial charge on any atom is 0.238 e. The monoisotopic (exact) mass is 292 g/mol. The second-order valence-electron chi connectivity index (χ2n) is 5.73. The highest BCUT2D eigenvalue weighted by Gasteiger charge is 2.21. The number of nitrogens with one attached hydrogen (secondary N) is 2. The fraction of sp³-hybridized carbons (Fsp3) is 0.562. The van der Waals surface area contributed by atoms with Crippen LogP contribution in [0.4, 0.5) is 0 Å². The number of carbonyl (C=O) groups is 1. The summed E-state index contributed by atoms with van der Waals surface area (Å²) in [7, 11) is 0. The lowest BCUT2D eigenvalue weighted by Gasteiger charge is -2.11. The van der Waals surface area contributed by atoms with E-state index in [1.807, 2.05) is 0 Å². The lowest BCUT2D eigenvalue weighted by atomic mass is 10.0. The van der Waals surface area contributed by atoms with Crippen molar-refractivity contribution >= 4 is 17.7 Å². The molecule has 0 spiro atoms. The lowest BCUT2D eigenvalue weighted by Crippen LogP contribution is -2.42. The van der Waals surface area contributed by atoms with E-state index in [1.165, 1.54) is 11.1 Å². The molecule has 1 saturated heterocycles. The van der Waals surface area contributed by atoms with E-state index < -0.39 is 0 Å². The molecule has 1 atom stereocenters. The highest BCUT2D eigenvalue weighted by atomic mass is 32.2. The summed E-state index contributed by atoms with van der Waals surface area (Å²) < 4.78 is 0. The van der Waals surface area contributed by atoms with Crippen LogP contribution in [0.1, 0.15) is 25.0 Å². The van der Waals surface area contributed by atoms with Crippen LogP contribution in [0.25, 0.3) is 0 Å². The summed E-state index contributed by atoms with van der Waals surface area (Å²) in [5.74, 6) is 2.59. The van der Waals surface area contributed by atoms with E-state index in [0.717, 1.165) is 24.5 Å². The zero-order valence-corrected chi connectivity index (χ0v) is 13.1. The Balaban J connectivity index is 1.72. The molecule has 1 aliphatic rings. The Morgan fingerprint density at radius 3 is 2.65 bits per heavy atom. The number of hydrogen-bond acceptors (Lipinski definition) is 3. The number of rotatable bonds is 6. The minimum Gasteiger partial charge on any atom is -0.354 e. The zero-order valence-electron chi connectivity index (χ0n) is 12.3. The van der Waals surface area contributed by atoms with Gasteiger partial charge in [-0.1, -0.05) is 38.1 Å². The fourth-order valence-corrected chi connectivity index (χ4v) is 3.27. The topological polar surface area (TPSA) is 41.1 Å². The quantitative estimate of drug-likeness (QED) is 0.844. The van der Waals surface area contributed by atoms with E-state index in [1.54, 1.807) is 11.8 Å². The maximum absolute atomic E-state index is 11.8. The van der Waals surface area contributed by atoms with Crippen molar-refractivity contribution in [1.29, 1.82) is 0 Å². The Labute approximate surface area is 125 Å². The van der Waals surface area contributed by atoms with Crippen LogP contribution < -0.4 is 10.6 Å². The van der Waals surface area contributed by atoms with Gasteiger partial charge in [0.05, 0.1) is 6.04 Å². The third-order valence-electron chi connectivity index (χ3n) is 3.41. The normalized spacial score (nSPS) is 18.4. The summed E-state index contributed by atoms with van der Waals surface area (Å²) in [5.41, 5.74) is 2.67. The van der Waals surface area contributed by atoms with Crippen LogP contribution in [0.2, 0.25) is 0 Å². The summed E-state index contributed by atoms with van der Waals surface area (Å²) in [5, 5.41) is 6.19. The summed E-state index contributed by atoms with van der Waals surface area (Å²) in [6.45, 7) is 5.18. The van der Waals surface area contributed by atoms with E-state index in [4.69, 9.17) is 0 Å². The van der Waals surface area contributed by atoms with Gasteiger partial charge in [-0.2, -0.15) is 0 Å². The summed E-state index contributed by atoms with van der Waals surface area (Å²) in [6, 6.07) is 8.74. The molecule has 1 aromatic carbocycles. The van der Waals surface area contributed by atoms with E-state index in [-0.39, 0.29) is 11.9 Å². The molecule has 1 aromatic rings. The van der Waals surface area contributed by atoms with Crippen LogP contribution in [-0.2, 0) is 17.6 Å². The van der Waals surface area contributed by atoms with Gasteiger partial charge in [-0.3, -0.25) is 10.1 Å². The Morgan fingerprint density at radius 2 is 2.05 bits per heavy atom. The first-order valence-corrected chi connectivity index (χ1v) is 8.47. The average Bonchev–Trinajstić information content (AvgIpc) is 2.94. The molecule has 1 unspecified atom stereocenters. The van der Waals surface area contributed by atoms with Gasteiger partial charge in [-0.25, -0.2) is 0 Å². The Kier molecular flexibility index (Phi) is 5.92. The van der Waals surface area contributed by atoms with Crippen molar-refractivity contribution in [3.8, 4) is 0 Å². The molecule has 1 aliphatic heterocycles. The Hall–Kier alpha value is -1.00. The molecule has 0 bridgehead atoms. The van der Waals surface area contributed by atoms with Gasteiger partial charge in [-0.05, 0) is 29.9 Å². The van der Waals surface area contributed by atoms with E-state index in [0.29, 0.717) is 12.5 Å². The molecule has 110 valence electrons. The third-order valence-corrected chi connectivity index (χ3v) is 4.35. The van der Waals surface area contributed by atoms with Gasteiger partial charge in [-0.15, -0.1) is 11.8 Å². The van der Waals surface area contributed by atoms with Crippen LogP contribution in [0.5, 0.6) is 0 Å². The molecule has 1 amide bonds. The largest absolute Gasteiger partial charge is 0.354 e. The van der Waals surface area contributed by atoms with Gasteiger partial charge in [0.15, 0.2) is 0 Å². The molecule has 20 heavy (non-hydrogen) atoms. The van der Waals surface area contributed by atoms with Crippen LogP contribution in [-0.4, -0.2) is 30.1 Å². The van der Waals surface area contributed by atoms with Crippen molar-refractivity contribution in [3.05, 3.63) is 35.4 Å². The number of benzene rings is 1. The molecule has 1 heterocycles. The van der Waals surface area contributed by atoms with E-state index >= 15 is 0 Å². The van der Waals surface area contributed by atoms with Crippen molar-refractivity contribution in [2.45, 2.75) is 32.7 Å². The summed E-state index contributed by atoms with van der Waals surface area (Å²) >= 11 is 1.77. The highest BCUT2D eigenvalue weighted by Crippen LogP contribution is 2.11. The molecule has 4 heteroatoms. The van der Waals surface area contributed by atoms with E-state index in [9.17, 15) is 4.79 Å². The standard InChI is InChI=1S/C16H24N2OS/c1-12(2)9-14-5-3-13(4-6-14)7-8-17-16(19)15-10-20-11-18-15/h3-6,12,15,18H,7-11H2,1-2H3,(H,17,19).